The first-order valence-corrected chi connectivity index (χ1v) is 7.30. The molecule has 0 radical (unpaired) electrons. The second-order valence-electron chi connectivity index (χ2n) is 6.23. The standard InChI is InChI=1S/C16H20N4O3/c1-16(2,3)20-10-17-14(19-20)15(23)18-12-6-4-5-11(9-12)7-8-13(21)22/h4-6,9-10H,7-8H2,1-3H3,(H,18,23)(H,21,22). The quantitative estimate of drug-likeness (QED) is 0.882. The molecular weight excluding hydrogens is 296 g/mol. The lowest BCUT2D eigenvalue weighted by Gasteiger charge is -2.17. The highest BCUT2D eigenvalue weighted by atomic mass is 16.4. The molecule has 0 aliphatic rings. The van der Waals surface area contributed by atoms with E-state index in [1.165, 1.54) is 6.33 Å². The first kappa shape index (κ1) is 16.7. The fourth-order valence-electron chi connectivity index (χ4n) is 1.93. The third kappa shape index (κ3) is 4.64. The highest BCUT2D eigenvalue weighted by Crippen LogP contribution is 2.14. The number of aromatic nitrogens is 3. The summed E-state index contributed by atoms with van der Waals surface area (Å²) in [6.07, 6.45) is 1.99. The summed E-state index contributed by atoms with van der Waals surface area (Å²) in [4.78, 5) is 26.8. The lowest BCUT2D eigenvalue weighted by Crippen LogP contribution is -2.23. The molecule has 1 heterocycles. The molecule has 1 aromatic heterocycles. The molecule has 0 bridgehead atoms. The van der Waals surface area contributed by atoms with E-state index in [1.54, 1.807) is 22.9 Å². The lowest BCUT2D eigenvalue weighted by molar-refractivity contribution is -0.136. The molecule has 0 atom stereocenters. The van der Waals surface area contributed by atoms with Gasteiger partial charge in [0, 0.05) is 12.1 Å². The third-order valence-corrected chi connectivity index (χ3v) is 3.19. The number of hydrogen-bond donors (Lipinski definition) is 2. The van der Waals surface area contributed by atoms with E-state index in [4.69, 9.17) is 5.11 Å². The summed E-state index contributed by atoms with van der Waals surface area (Å²) in [6, 6.07) is 7.09. The summed E-state index contributed by atoms with van der Waals surface area (Å²) in [5.41, 5.74) is 1.19. The predicted molar refractivity (Wildman–Crippen MR) is 85.4 cm³/mol. The zero-order chi connectivity index (χ0) is 17.0. The number of nitrogens with zero attached hydrogens (tertiary/aromatic N) is 3. The highest BCUT2D eigenvalue weighted by molar-refractivity contribution is 6.01. The maximum absolute atomic E-state index is 12.2. The monoisotopic (exact) mass is 316 g/mol. The summed E-state index contributed by atoms with van der Waals surface area (Å²) in [7, 11) is 0. The Labute approximate surface area is 134 Å². The molecule has 0 saturated carbocycles. The molecule has 2 rings (SSSR count). The fourth-order valence-corrected chi connectivity index (χ4v) is 1.93. The molecule has 122 valence electrons. The molecule has 0 fully saturated rings. The van der Waals surface area contributed by atoms with E-state index in [9.17, 15) is 9.59 Å². The van der Waals surface area contributed by atoms with Crippen molar-refractivity contribution < 1.29 is 14.7 Å². The molecule has 0 spiro atoms. The predicted octanol–water partition coefficient (Wildman–Crippen LogP) is 2.30. The number of aryl methyl sites for hydroxylation is 1. The molecule has 1 aromatic carbocycles. The van der Waals surface area contributed by atoms with Crippen molar-refractivity contribution in [3.05, 3.63) is 42.0 Å². The summed E-state index contributed by atoms with van der Waals surface area (Å²) >= 11 is 0. The number of benzene rings is 1. The van der Waals surface area contributed by atoms with Gasteiger partial charge in [0.1, 0.15) is 6.33 Å². The Kier molecular flexibility index (Phi) is 4.78. The van der Waals surface area contributed by atoms with Crippen molar-refractivity contribution in [3.63, 3.8) is 0 Å². The molecule has 1 amide bonds. The largest absolute Gasteiger partial charge is 0.481 e. The highest BCUT2D eigenvalue weighted by Gasteiger charge is 2.18. The van der Waals surface area contributed by atoms with Crippen LogP contribution in [-0.4, -0.2) is 31.7 Å². The van der Waals surface area contributed by atoms with Gasteiger partial charge < -0.3 is 10.4 Å². The molecule has 0 aliphatic carbocycles. The summed E-state index contributed by atoms with van der Waals surface area (Å²) in [5, 5.41) is 15.6. The average molecular weight is 316 g/mol. The van der Waals surface area contributed by atoms with Crippen molar-refractivity contribution in [3.8, 4) is 0 Å². The minimum absolute atomic E-state index is 0.0505. The van der Waals surface area contributed by atoms with Crippen LogP contribution >= 0.6 is 0 Å². The van der Waals surface area contributed by atoms with Crippen LogP contribution in [0.15, 0.2) is 30.6 Å². The Balaban J connectivity index is 2.06. The Morgan fingerprint density at radius 1 is 1.30 bits per heavy atom. The number of anilines is 1. The van der Waals surface area contributed by atoms with Crippen molar-refractivity contribution >= 4 is 17.6 Å². The van der Waals surface area contributed by atoms with E-state index in [-0.39, 0.29) is 17.8 Å². The van der Waals surface area contributed by atoms with Crippen LogP contribution in [0.4, 0.5) is 5.69 Å². The van der Waals surface area contributed by atoms with Gasteiger partial charge in [0.15, 0.2) is 0 Å². The van der Waals surface area contributed by atoms with E-state index in [1.807, 2.05) is 26.8 Å². The number of carboxylic acids is 1. The topological polar surface area (TPSA) is 97.1 Å². The zero-order valence-corrected chi connectivity index (χ0v) is 13.4. The Morgan fingerprint density at radius 3 is 2.65 bits per heavy atom. The first-order valence-electron chi connectivity index (χ1n) is 7.30. The minimum Gasteiger partial charge on any atom is -0.481 e. The fraction of sp³-hybridized carbons (Fsp3) is 0.375. The molecule has 23 heavy (non-hydrogen) atoms. The van der Waals surface area contributed by atoms with Gasteiger partial charge in [-0.2, -0.15) is 0 Å². The van der Waals surface area contributed by atoms with Crippen molar-refractivity contribution in [2.75, 3.05) is 5.32 Å². The normalized spacial score (nSPS) is 11.3. The number of hydrogen-bond acceptors (Lipinski definition) is 4. The van der Waals surface area contributed by atoms with Gasteiger partial charge in [-0.3, -0.25) is 9.59 Å². The van der Waals surface area contributed by atoms with Crippen LogP contribution < -0.4 is 5.32 Å². The summed E-state index contributed by atoms with van der Waals surface area (Å²) < 4.78 is 1.63. The number of rotatable bonds is 5. The zero-order valence-electron chi connectivity index (χ0n) is 13.4. The van der Waals surface area contributed by atoms with Gasteiger partial charge in [0.05, 0.1) is 5.54 Å². The Bertz CT molecular complexity index is 716. The molecule has 2 aromatic rings. The number of aliphatic carboxylic acids is 1. The molecule has 7 nitrogen and oxygen atoms in total. The van der Waals surface area contributed by atoms with Gasteiger partial charge in [0.25, 0.3) is 5.91 Å². The summed E-state index contributed by atoms with van der Waals surface area (Å²) in [5.74, 6) is -1.16. The van der Waals surface area contributed by atoms with E-state index >= 15 is 0 Å². The molecule has 0 aliphatic heterocycles. The molecule has 0 unspecified atom stereocenters. The van der Waals surface area contributed by atoms with E-state index < -0.39 is 11.9 Å². The van der Waals surface area contributed by atoms with Gasteiger partial charge in [-0.1, -0.05) is 12.1 Å². The number of carbonyl (C=O) groups excluding carboxylic acids is 1. The second-order valence-corrected chi connectivity index (χ2v) is 6.23. The smallest absolute Gasteiger partial charge is 0.303 e. The van der Waals surface area contributed by atoms with Gasteiger partial charge in [-0.15, -0.1) is 5.10 Å². The van der Waals surface area contributed by atoms with Crippen molar-refractivity contribution in [1.82, 2.24) is 14.8 Å². The van der Waals surface area contributed by atoms with Crippen molar-refractivity contribution in [2.24, 2.45) is 0 Å². The molecule has 2 N–H and O–H groups in total. The first-order chi connectivity index (χ1) is 10.8. The lowest BCUT2D eigenvalue weighted by atomic mass is 10.1. The Hall–Kier alpha value is -2.70. The maximum Gasteiger partial charge on any atom is 0.303 e. The van der Waals surface area contributed by atoms with Crippen LogP contribution in [0.1, 0.15) is 43.4 Å². The van der Waals surface area contributed by atoms with Crippen LogP contribution in [0.5, 0.6) is 0 Å². The number of amides is 1. The maximum atomic E-state index is 12.2. The van der Waals surface area contributed by atoms with Crippen LogP contribution in [0.3, 0.4) is 0 Å². The van der Waals surface area contributed by atoms with E-state index in [0.717, 1.165) is 5.56 Å². The molecule has 7 heteroatoms. The van der Waals surface area contributed by atoms with Crippen LogP contribution in [0.25, 0.3) is 0 Å². The van der Waals surface area contributed by atoms with Crippen LogP contribution in [0, 0.1) is 0 Å². The van der Waals surface area contributed by atoms with Crippen molar-refractivity contribution in [2.45, 2.75) is 39.2 Å². The average Bonchev–Trinajstić information content (AvgIpc) is 2.95. The second kappa shape index (κ2) is 6.60. The van der Waals surface area contributed by atoms with Crippen LogP contribution in [-0.2, 0) is 16.8 Å². The molecule has 0 saturated heterocycles. The molecular formula is C16H20N4O3. The third-order valence-electron chi connectivity index (χ3n) is 3.19. The summed E-state index contributed by atoms with van der Waals surface area (Å²) in [6.45, 7) is 5.90. The number of carbonyl (C=O) groups is 2. The van der Waals surface area contributed by atoms with Gasteiger partial charge in [-0.25, -0.2) is 9.67 Å². The number of carboxylic acid groups (broad SMARTS) is 1. The van der Waals surface area contributed by atoms with Gasteiger partial charge in [-0.05, 0) is 44.9 Å². The van der Waals surface area contributed by atoms with Crippen LogP contribution in [0.2, 0.25) is 0 Å². The van der Waals surface area contributed by atoms with E-state index in [2.05, 4.69) is 15.4 Å². The van der Waals surface area contributed by atoms with Crippen molar-refractivity contribution in [1.29, 1.82) is 0 Å². The van der Waals surface area contributed by atoms with Gasteiger partial charge in [0.2, 0.25) is 5.82 Å². The number of nitrogens with one attached hydrogen (secondary N) is 1. The van der Waals surface area contributed by atoms with E-state index in [0.29, 0.717) is 12.1 Å². The Morgan fingerprint density at radius 2 is 2.04 bits per heavy atom. The minimum atomic E-state index is -0.851. The van der Waals surface area contributed by atoms with Gasteiger partial charge >= 0.3 is 5.97 Å². The SMILES string of the molecule is CC(C)(C)n1cnc(C(=O)Nc2cccc(CCC(=O)O)c2)n1.